The highest BCUT2D eigenvalue weighted by Crippen LogP contribution is 2.28. The lowest BCUT2D eigenvalue weighted by molar-refractivity contribution is 0.0174. The molecule has 0 aliphatic heterocycles. The number of alkyl halides is 4. The van der Waals surface area contributed by atoms with Gasteiger partial charge in [0.2, 0.25) is 0 Å². The second-order valence-electron chi connectivity index (χ2n) is 4.41. The zero-order chi connectivity index (χ0) is 14.9. The van der Waals surface area contributed by atoms with Crippen LogP contribution in [-0.2, 0) is 5.92 Å². The molecule has 1 aromatic heterocycles. The van der Waals surface area contributed by atoms with Gasteiger partial charge in [0.25, 0.3) is 17.9 Å². The molecule has 0 spiro atoms. The maximum absolute atomic E-state index is 13.2. The SMILES string of the molecule is CC(F)(F)c1cccc(-n2ccc(C(F)F)cc2=O)c1. The van der Waals surface area contributed by atoms with Gasteiger partial charge in [-0.05, 0) is 18.2 Å². The number of rotatable bonds is 3. The first-order valence-corrected chi connectivity index (χ1v) is 5.78. The second-order valence-corrected chi connectivity index (χ2v) is 4.41. The topological polar surface area (TPSA) is 22.0 Å². The zero-order valence-corrected chi connectivity index (χ0v) is 10.5. The number of aromatic nitrogens is 1. The Balaban J connectivity index is 2.50. The van der Waals surface area contributed by atoms with E-state index in [1.54, 1.807) is 0 Å². The van der Waals surface area contributed by atoms with Gasteiger partial charge in [-0.2, -0.15) is 0 Å². The molecule has 0 saturated heterocycles. The molecule has 0 amide bonds. The summed E-state index contributed by atoms with van der Waals surface area (Å²) in [7, 11) is 0. The van der Waals surface area contributed by atoms with Crippen molar-refractivity contribution in [1.29, 1.82) is 0 Å². The number of benzene rings is 1. The number of halogens is 4. The van der Waals surface area contributed by atoms with Crippen LogP contribution in [0.3, 0.4) is 0 Å². The van der Waals surface area contributed by atoms with Gasteiger partial charge in [0, 0.05) is 36.0 Å². The lowest BCUT2D eigenvalue weighted by atomic mass is 10.1. The summed E-state index contributed by atoms with van der Waals surface area (Å²) >= 11 is 0. The molecule has 6 heteroatoms. The normalized spacial score (nSPS) is 11.9. The molecule has 0 unspecified atom stereocenters. The summed E-state index contributed by atoms with van der Waals surface area (Å²) in [5, 5.41) is 0. The molecule has 0 radical (unpaired) electrons. The molecule has 106 valence electrons. The number of pyridine rings is 1. The van der Waals surface area contributed by atoms with Crippen molar-refractivity contribution in [3.8, 4) is 5.69 Å². The van der Waals surface area contributed by atoms with Gasteiger partial charge in [-0.25, -0.2) is 17.6 Å². The highest BCUT2D eigenvalue weighted by atomic mass is 19.3. The molecule has 1 heterocycles. The van der Waals surface area contributed by atoms with E-state index in [0.717, 1.165) is 35.9 Å². The lowest BCUT2D eigenvalue weighted by Gasteiger charge is -2.13. The molecule has 2 aromatic rings. The van der Waals surface area contributed by atoms with Crippen LogP contribution < -0.4 is 5.56 Å². The molecule has 0 bridgehead atoms. The van der Waals surface area contributed by atoms with Crippen molar-refractivity contribution in [2.45, 2.75) is 19.3 Å². The molecule has 0 fully saturated rings. The fourth-order valence-corrected chi connectivity index (χ4v) is 1.77. The van der Waals surface area contributed by atoms with Gasteiger partial charge in [0.15, 0.2) is 0 Å². The van der Waals surface area contributed by atoms with Crippen molar-refractivity contribution in [2.75, 3.05) is 0 Å². The van der Waals surface area contributed by atoms with Crippen LogP contribution in [0, 0.1) is 0 Å². The van der Waals surface area contributed by atoms with Crippen LogP contribution in [0.4, 0.5) is 17.6 Å². The fraction of sp³-hybridized carbons (Fsp3) is 0.214. The van der Waals surface area contributed by atoms with Crippen molar-refractivity contribution in [1.82, 2.24) is 4.57 Å². The minimum Gasteiger partial charge on any atom is -0.284 e. The van der Waals surface area contributed by atoms with Gasteiger partial charge in [-0.15, -0.1) is 0 Å². The van der Waals surface area contributed by atoms with Gasteiger partial charge < -0.3 is 0 Å². The molecule has 1 aromatic carbocycles. The van der Waals surface area contributed by atoms with Crippen LogP contribution in [-0.4, -0.2) is 4.57 Å². The number of hydrogen-bond acceptors (Lipinski definition) is 1. The molecule has 0 saturated carbocycles. The van der Waals surface area contributed by atoms with E-state index in [9.17, 15) is 22.4 Å². The molecule has 2 rings (SSSR count). The lowest BCUT2D eigenvalue weighted by Crippen LogP contribution is -2.18. The molecule has 0 atom stereocenters. The number of hydrogen-bond donors (Lipinski definition) is 0. The quantitative estimate of drug-likeness (QED) is 0.784. The minimum absolute atomic E-state index is 0.204. The molecule has 0 N–H and O–H groups in total. The van der Waals surface area contributed by atoms with Crippen LogP contribution in [0.25, 0.3) is 5.69 Å². The maximum Gasteiger partial charge on any atom is 0.270 e. The predicted molar refractivity (Wildman–Crippen MR) is 66.6 cm³/mol. The van der Waals surface area contributed by atoms with E-state index in [1.165, 1.54) is 18.2 Å². The monoisotopic (exact) mass is 285 g/mol. The van der Waals surface area contributed by atoms with Crippen LogP contribution in [0.1, 0.15) is 24.5 Å². The number of nitrogens with zero attached hydrogens (tertiary/aromatic N) is 1. The first-order chi connectivity index (χ1) is 9.29. The Bertz CT molecular complexity index is 673. The zero-order valence-electron chi connectivity index (χ0n) is 10.5. The van der Waals surface area contributed by atoms with E-state index in [4.69, 9.17) is 0 Å². The van der Waals surface area contributed by atoms with E-state index in [0.29, 0.717) is 0 Å². The summed E-state index contributed by atoms with van der Waals surface area (Å²) in [5.74, 6) is -3.04. The average Bonchev–Trinajstić information content (AvgIpc) is 2.37. The third kappa shape index (κ3) is 2.89. The molecular weight excluding hydrogens is 274 g/mol. The van der Waals surface area contributed by atoms with E-state index in [1.807, 2.05) is 0 Å². The summed E-state index contributed by atoms with van der Waals surface area (Å²) in [6, 6.07) is 7.12. The van der Waals surface area contributed by atoms with Gasteiger partial charge in [0.1, 0.15) is 0 Å². The fourth-order valence-electron chi connectivity index (χ4n) is 1.77. The van der Waals surface area contributed by atoms with Crippen LogP contribution in [0.5, 0.6) is 0 Å². The highest BCUT2D eigenvalue weighted by Gasteiger charge is 2.24. The van der Waals surface area contributed by atoms with Gasteiger partial charge in [-0.1, -0.05) is 12.1 Å². The Labute approximate surface area is 112 Å². The van der Waals surface area contributed by atoms with Gasteiger partial charge in [0.05, 0.1) is 0 Å². The summed E-state index contributed by atoms with van der Waals surface area (Å²) in [6.45, 7) is 0.745. The van der Waals surface area contributed by atoms with Crippen molar-refractivity contribution in [3.63, 3.8) is 0 Å². The highest BCUT2D eigenvalue weighted by molar-refractivity contribution is 5.38. The van der Waals surface area contributed by atoms with Gasteiger partial charge in [-0.3, -0.25) is 9.36 Å². The van der Waals surface area contributed by atoms with Crippen LogP contribution >= 0.6 is 0 Å². The third-order valence-electron chi connectivity index (χ3n) is 2.83. The maximum atomic E-state index is 13.2. The summed E-state index contributed by atoms with van der Waals surface area (Å²) in [4.78, 5) is 11.7. The van der Waals surface area contributed by atoms with E-state index in [-0.39, 0.29) is 11.3 Å². The second kappa shape index (κ2) is 5.11. The van der Waals surface area contributed by atoms with Gasteiger partial charge >= 0.3 is 0 Å². The first kappa shape index (κ1) is 14.3. The summed E-state index contributed by atoms with van der Waals surface area (Å²) < 4.78 is 52.4. The summed E-state index contributed by atoms with van der Waals surface area (Å²) in [5.41, 5.74) is -1.14. The predicted octanol–water partition coefficient (Wildman–Crippen LogP) is 3.89. The minimum atomic E-state index is -3.04. The van der Waals surface area contributed by atoms with Crippen molar-refractivity contribution in [2.24, 2.45) is 0 Å². The Kier molecular flexibility index (Phi) is 3.65. The summed E-state index contributed by atoms with van der Waals surface area (Å²) in [6.07, 6.45) is -1.60. The van der Waals surface area contributed by atoms with Crippen LogP contribution in [0.2, 0.25) is 0 Å². The Morgan fingerprint density at radius 2 is 1.85 bits per heavy atom. The molecule has 2 nitrogen and oxygen atoms in total. The Morgan fingerprint density at radius 1 is 1.15 bits per heavy atom. The van der Waals surface area contributed by atoms with Crippen LogP contribution in [0.15, 0.2) is 47.4 Å². The van der Waals surface area contributed by atoms with Crippen molar-refractivity contribution in [3.05, 3.63) is 64.1 Å². The first-order valence-electron chi connectivity index (χ1n) is 5.78. The molecule has 0 aliphatic rings. The van der Waals surface area contributed by atoms with E-state index in [2.05, 4.69) is 0 Å². The van der Waals surface area contributed by atoms with E-state index < -0.39 is 23.5 Å². The van der Waals surface area contributed by atoms with Crippen molar-refractivity contribution >= 4 is 0 Å². The molecular formula is C14H11F4NO. The third-order valence-corrected chi connectivity index (χ3v) is 2.83. The van der Waals surface area contributed by atoms with E-state index >= 15 is 0 Å². The Morgan fingerprint density at radius 3 is 2.40 bits per heavy atom. The molecule has 20 heavy (non-hydrogen) atoms. The standard InChI is InChI=1S/C14H11F4NO/c1-14(17,18)10-3-2-4-11(8-10)19-6-5-9(13(15)16)7-12(19)20/h2-8,13H,1H3. The van der Waals surface area contributed by atoms with Crippen molar-refractivity contribution < 1.29 is 17.6 Å². The average molecular weight is 285 g/mol. The smallest absolute Gasteiger partial charge is 0.270 e. The molecule has 0 aliphatic carbocycles. The Hall–Kier alpha value is -2.11. The largest absolute Gasteiger partial charge is 0.284 e.